The summed E-state index contributed by atoms with van der Waals surface area (Å²) in [5, 5.41) is 3.21. The number of carbonyl (C=O) groups is 1. The van der Waals surface area contributed by atoms with Crippen molar-refractivity contribution < 1.29 is 13.9 Å². The summed E-state index contributed by atoms with van der Waals surface area (Å²) in [6.07, 6.45) is 0.289. The molecule has 94 valence electrons. The fraction of sp³-hybridized carbons (Fsp3) is 0.417. The maximum atomic E-state index is 13.2. The van der Waals surface area contributed by atoms with Crippen molar-refractivity contribution in [3.63, 3.8) is 0 Å². The van der Waals surface area contributed by atoms with E-state index in [0.29, 0.717) is 6.54 Å². The SMILES string of the molecule is COC(=O)CCNC(C)c1ccc(Cl)c(F)c1. The van der Waals surface area contributed by atoms with Crippen molar-refractivity contribution >= 4 is 17.6 Å². The minimum Gasteiger partial charge on any atom is -0.469 e. The third-order valence-electron chi connectivity index (χ3n) is 2.45. The standard InChI is InChI=1S/C12H15ClFNO2/c1-8(15-6-5-12(16)17-2)9-3-4-10(13)11(14)7-9/h3-4,7-8,15H,5-6H2,1-2H3. The number of hydrogen-bond donors (Lipinski definition) is 1. The predicted octanol–water partition coefficient (Wildman–Crippen LogP) is 2.69. The number of rotatable bonds is 5. The summed E-state index contributed by atoms with van der Waals surface area (Å²) in [7, 11) is 1.35. The molecule has 0 aliphatic carbocycles. The van der Waals surface area contributed by atoms with Gasteiger partial charge in [0.05, 0.1) is 18.6 Å². The molecule has 0 amide bonds. The summed E-state index contributed by atoms with van der Waals surface area (Å²) in [5.41, 5.74) is 0.789. The quantitative estimate of drug-likeness (QED) is 0.827. The highest BCUT2D eigenvalue weighted by Crippen LogP contribution is 2.19. The van der Waals surface area contributed by atoms with E-state index in [1.165, 1.54) is 19.2 Å². The van der Waals surface area contributed by atoms with Crippen LogP contribution in [0.4, 0.5) is 4.39 Å². The number of carbonyl (C=O) groups excluding carboxylic acids is 1. The van der Waals surface area contributed by atoms with Crippen molar-refractivity contribution in [1.29, 1.82) is 0 Å². The second-order valence-corrected chi connectivity index (χ2v) is 4.08. The molecule has 0 saturated carbocycles. The van der Waals surface area contributed by atoms with E-state index < -0.39 is 5.82 Å². The Morgan fingerprint density at radius 2 is 2.29 bits per heavy atom. The minimum atomic E-state index is -0.439. The first-order chi connectivity index (χ1) is 8.04. The number of nitrogens with one attached hydrogen (secondary N) is 1. The lowest BCUT2D eigenvalue weighted by atomic mass is 10.1. The largest absolute Gasteiger partial charge is 0.469 e. The van der Waals surface area contributed by atoms with Crippen LogP contribution in [0.3, 0.4) is 0 Å². The van der Waals surface area contributed by atoms with Gasteiger partial charge in [-0.3, -0.25) is 4.79 Å². The van der Waals surface area contributed by atoms with E-state index in [2.05, 4.69) is 10.1 Å². The molecule has 0 spiro atoms. The van der Waals surface area contributed by atoms with Crippen LogP contribution in [0.25, 0.3) is 0 Å². The average molecular weight is 260 g/mol. The number of halogens is 2. The van der Waals surface area contributed by atoms with Crippen LogP contribution >= 0.6 is 11.6 Å². The summed E-state index contributed by atoms with van der Waals surface area (Å²) in [6.45, 7) is 2.37. The molecule has 0 aromatic heterocycles. The molecule has 0 bridgehead atoms. The molecule has 1 aromatic rings. The lowest BCUT2D eigenvalue weighted by Crippen LogP contribution is -2.22. The molecule has 1 N–H and O–H groups in total. The number of methoxy groups -OCH3 is 1. The summed E-state index contributed by atoms with van der Waals surface area (Å²) < 4.78 is 17.7. The molecule has 3 nitrogen and oxygen atoms in total. The molecular formula is C12H15ClFNO2. The Morgan fingerprint density at radius 3 is 2.88 bits per heavy atom. The van der Waals surface area contributed by atoms with E-state index in [4.69, 9.17) is 11.6 Å². The molecule has 1 unspecified atom stereocenters. The zero-order valence-electron chi connectivity index (χ0n) is 9.80. The highest BCUT2D eigenvalue weighted by atomic mass is 35.5. The van der Waals surface area contributed by atoms with Crippen LogP contribution in [-0.2, 0) is 9.53 Å². The van der Waals surface area contributed by atoms with Gasteiger partial charge in [0.2, 0.25) is 0 Å². The molecule has 0 aliphatic heterocycles. The van der Waals surface area contributed by atoms with Crippen molar-refractivity contribution in [1.82, 2.24) is 5.32 Å². The van der Waals surface area contributed by atoms with Gasteiger partial charge in [0, 0.05) is 12.6 Å². The van der Waals surface area contributed by atoms with Gasteiger partial charge in [0.1, 0.15) is 5.82 Å². The second kappa shape index (κ2) is 6.57. The van der Waals surface area contributed by atoms with Crippen molar-refractivity contribution in [3.05, 3.63) is 34.6 Å². The first kappa shape index (κ1) is 13.9. The molecule has 0 aliphatic rings. The van der Waals surface area contributed by atoms with Crippen LogP contribution < -0.4 is 5.32 Å². The van der Waals surface area contributed by atoms with Crippen molar-refractivity contribution in [3.8, 4) is 0 Å². The van der Waals surface area contributed by atoms with E-state index in [9.17, 15) is 9.18 Å². The molecule has 5 heteroatoms. The van der Waals surface area contributed by atoms with Gasteiger partial charge < -0.3 is 10.1 Å². The Bertz CT molecular complexity index is 398. The second-order valence-electron chi connectivity index (χ2n) is 3.68. The normalized spacial score (nSPS) is 12.2. The average Bonchev–Trinajstić information content (AvgIpc) is 2.32. The van der Waals surface area contributed by atoms with E-state index >= 15 is 0 Å². The third kappa shape index (κ3) is 4.32. The highest BCUT2D eigenvalue weighted by Gasteiger charge is 2.08. The molecule has 0 heterocycles. The minimum absolute atomic E-state index is 0.0496. The van der Waals surface area contributed by atoms with Crippen LogP contribution in [-0.4, -0.2) is 19.6 Å². The van der Waals surface area contributed by atoms with Gasteiger partial charge in [-0.25, -0.2) is 4.39 Å². The first-order valence-electron chi connectivity index (χ1n) is 5.29. The third-order valence-corrected chi connectivity index (χ3v) is 2.76. The molecule has 1 atom stereocenters. The van der Waals surface area contributed by atoms with Crippen LogP contribution in [0, 0.1) is 5.82 Å². The fourth-order valence-corrected chi connectivity index (χ4v) is 1.51. The molecule has 0 fully saturated rings. The number of ether oxygens (including phenoxy) is 1. The van der Waals surface area contributed by atoms with Crippen LogP contribution in [0.2, 0.25) is 5.02 Å². The lowest BCUT2D eigenvalue weighted by molar-refractivity contribution is -0.140. The first-order valence-corrected chi connectivity index (χ1v) is 5.67. The van der Waals surface area contributed by atoms with Crippen LogP contribution in [0.5, 0.6) is 0 Å². The van der Waals surface area contributed by atoms with Gasteiger partial charge in [0.25, 0.3) is 0 Å². The number of benzene rings is 1. The molecule has 0 saturated heterocycles. The number of hydrogen-bond acceptors (Lipinski definition) is 3. The maximum Gasteiger partial charge on any atom is 0.306 e. The predicted molar refractivity (Wildman–Crippen MR) is 64.5 cm³/mol. The Balaban J connectivity index is 2.49. The van der Waals surface area contributed by atoms with Gasteiger partial charge in [-0.05, 0) is 24.6 Å². The van der Waals surface area contributed by atoms with Crippen molar-refractivity contribution in [2.24, 2.45) is 0 Å². The topological polar surface area (TPSA) is 38.3 Å². The van der Waals surface area contributed by atoms with Gasteiger partial charge in [-0.2, -0.15) is 0 Å². The molecule has 17 heavy (non-hydrogen) atoms. The Kier molecular flexibility index (Phi) is 5.38. The molecule has 1 rings (SSSR count). The van der Waals surface area contributed by atoms with E-state index in [-0.39, 0.29) is 23.5 Å². The molecule has 1 aromatic carbocycles. The smallest absolute Gasteiger partial charge is 0.306 e. The maximum absolute atomic E-state index is 13.2. The van der Waals surface area contributed by atoms with Crippen LogP contribution in [0.1, 0.15) is 24.9 Å². The number of esters is 1. The van der Waals surface area contributed by atoms with E-state index in [0.717, 1.165) is 5.56 Å². The van der Waals surface area contributed by atoms with Crippen molar-refractivity contribution in [2.45, 2.75) is 19.4 Å². The molecular weight excluding hydrogens is 245 g/mol. The van der Waals surface area contributed by atoms with Gasteiger partial charge in [0.15, 0.2) is 0 Å². The Hall–Kier alpha value is -1.13. The summed E-state index contributed by atoms with van der Waals surface area (Å²) in [5.74, 6) is -0.710. The lowest BCUT2D eigenvalue weighted by Gasteiger charge is -2.14. The van der Waals surface area contributed by atoms with Crippen molar-refractivity contribution in [2.75, 3.05) is 13.7 Å². The van der Waals surface area contributed by atoms with E-state index in [1.54, 1.807) is 6.07 Å². The monoisotopic (exact) mass is 259 g/mol. The summed E-state index contributed by atoms with van der Waals surface area (Å²) in [6, 6.07) is 4.61. The summed E-state index contributed by atoms with van der Waals surface area (Å²) in [4.78, 5) is 10.9. The Labute approximate surface area is 105 Å². The van der Waals surface area contributed by atoms with Gasteiger partial charge in [-0.15, -0.1) is 0 Å². The Morgan fingerprint density at radius 1 is 1.59 bits per heavy atom. The van der Waals surface area contributed by atoms with Crippen LogP contribution in [0.15, 0.2) is 18.2 Å². The van der Waals surface area contributed by atoms with E-state index in [1.807, 2.05) is 6.92 Å². The fourth-order valence-electron chi connectivity index (χ4n) is 1.39. The highest BCUT2D eigenvalue weighted by molar-refractivity contribution is 6.30. The summed E-state index contributed by atoms with van der Waals surface area (Å²) >= 11 is 5.59. The zero-order chi connectivity index (χ0) is 12.8. The zero-order valence-corrected chi connectivity index (χ0v) is 10.6. The van der Waals surface area contributed by atoms with Gasteiger partial charge in [-0.1, -0.05) is 17.7 Å². The molecule has 0 radical (unpaired) electrons. The van der Waals surface area contributed by atoms with Gasteiger partial charge >= 0.3 is 5.97 Å².